The Bertz CT molecular complexity index is 521. The molecular weight excluding hydrogens is 236 g/mol. The van der Waals surface area contributed by atoms with E-state index in [4.69, 9.17) is 10.9 Å². The number of aromatic nitrogens is 1. The number of oxime groups is 1. The van der Waals surface area contributed by atoms with E-state index in [0.29, 0.717) is 5.69 Å². The Morgan fingerprint density at radius 1 is 1.61 bits per heavy atom. The van der Waals surface area contributed by atoms with Crippen LogP contribution in [0.25, 0.3) is 0 Å². The van der Waals surface area contributed by atoms with Crippen molar-refractivity contribution in [3.63, 3.8) is 0 Å². The smallest absolute Gasteiger partial charge is 0.259 e. The molecule has 0 atom stereocenters. The maximum atomic E-state index is 11.9. The molecule has 0 bridgehead atoms. The minimum absolute atomic E-state index is 0.0347. The minimum atomic E-state index is -0.401. The van der Waals surface area contributed by atoms with E-state index in [1.54, 1.807) is 14.0 Å². The lowest BCUT2D eigenvalue weighted by molar-refractivity contribution is 0.0797. The Hall–Kier alpha value is -2.31. The maximum absolute atomic E-state index is 11.9. The van der Waals surface area contributed by atoms with Gasteiger partial charge in [-0.3, -0.25) is 9.59 Å². The maximum Gasteiger partial charge on any atom is 0.259 e. The molecule has 0 aliphatic rings. The molecule has 98 valence electrons. The Morgan fingerprint density at radius 3 is 2.83 bits per heavy atom. The van der Waals surface area contributed by atoms with Crippen LogP contribution in [-0.4, -0.2) is 40.4 Å². The van der Waals surface area contributed by atoms with Crippen LogP contribution >= 0.6 is 0 Å². The third-order valence-corrected chi connectivity index (χ3v) is 2.47. The number of carbonyl (C=O) groups excluding carboxylic acids is 1. The van der Waals surface area contributed by atoms with E-state index >= 15 is 0 Å². The SMILES string of the molecule is Cc1cc(=O)c(C(=O)N(C)CCC(N)=NO)c[nH]1. The molecule has 0 aliphatic carbocycles. The van der Waals surface area contributed by atoms with Crippen molar-refractivity contribution in [1.29, 1.82) is 0 Å². The highest BCUT2D eigenvalue weighted by Crippen LogP contribution is 1.99. The number of hydrogen-bond donors (Lipinski definition) is 3. The first-order chi connectivity index (χ1) is 8.45. The van der Waals surface area contributed by atoms with Gasteiger partial charge in [0, 0.05) is 38.0 Å². The normalized spacial score (nSPS) is 11.3. The van der Waals surface area contributed by atoms with E-state index in [0.717, 1.165) is 0 Å². The number of H-pyrrole nitrogens is 1. The van der Waals surface area contributed by atoms with Crippen LogP contribution in [-0.2, 0) is 0 Å². The summed E-state index contributed by atoms with van der Waals surface area (Å²) in [6.45, 7) is 2.00. The van der Waals surface area contributed by atoms with Gasteiger partial charge in [0.25, 0.3) is 5.91 Å². The van der Waals surface area contributed by atoms with Crippen molar-refractivity contribution in [1.82, 2.24) is 9.88 Å². The van der Waals surface area contributed by atoms with Crippen LogP contribution in [0.4, 0.5) is 0 Å². The number of carbonyl (C=O) groups is 1. The van der Waals surface area contributed by atoms with E-state index in [1.165, 1.54) is 17.2 Å². The number of nitrogens with one attached hydrogen (secondary N) is 1. The number of amides is 1. The zero-order chi connectivity index (χ0) is 13.7. The summed E-state index contributed by atoms with van der Waals surface area (Å²) in [5, 5.41) is 11.2. The fourth-order valence-corrected chi connectivity index (χ4v) is 1.38. The second kappa shape index (κ2) is 5.85. The lowest BCUT2D eigenvalue weighted by Crippen LogP contribution is -2.33. The van der Waals surface area contributed by atoms with E-state index < -0.39 is 5.91 Å². The van der Waals surface area contributed by atoms with Crippen molar-refractivity contribution in [3.05, 3.63) is 33.7 Å². The molecule has 0 spiro atoms. The lowest BCUT2D eigenvalue weighted by atomic mass is 10.2. The second-order valence-electron chi connectivity index (χ2n) is 3.96. The van der Waals surface area contributed by atoms with E-state index in [1.807, 2.05) is 0 Å². The van der Waals surface area contributed by atoms with Crippen molar-refractivity contribution >= 4 is 11.7 Å². The molecule has 18 heavy (non-hydrogen) atoms. The zero-order valence-electron chi connectivity index (χ0n) is 10.3. The first kappa shape index (κ1) is 13.8. The van der Waals surface area contributed by atoms with Gasteiger partial charge >= 0.3 is 0 Å². The average molecular weight is 252 g/mol. The van der Waals surface area contributed by atoms with Crippen molar-refractivity contribution < 1.29 is 10.0 Å². The first-order valence-electron chi connectivity index (χ1n) is 5.37. The first-order valence-corrected chi connectivity index (χ1v) is 5.37. The molecule has 0 saturated carbocycles. The summed E-state index contributed by atoms with van der Waals surface area (Å²) in [5.41, 5.74) is 5.74. The Balaban J connectivity index is 2.78. The zero-order valence-corrected chi connectivity index (χ0v) is 10.3. The molecule has 7 nitrogen and oxygen atoms in total. The van der Waals surface area contributed by atoms with Gasteiger partial charge in [-0.05, 0) is 6.92 Å². The van der Waals surface area contributed by atoms with Gasteiger partial charge in [0.2, 0.25) is 0 Å². The predicted octanol–water partition coefficient (Wildman–Crippen LogP) is -0.108. The number of nitrogens with zero attached hydrogens (tertiary/aromatic N) is 2. The summed E-state index contributed by atoms with van der Waals surface area (Å²) < 4.78 is 0. The van der Waals surface area contributed by atoms with Crippen LogP contribution < -0.4 is 11.2 Å². The van der Waals surface area contributed by atoms with Crippen molar-refractivity contribution in [2.24, 2.45) is 10.9 Å². The molecular formula is C11H16N4O3. The Kier molecular flexibility index (Phi) is 4.47. The molecule has 1 aromatic heterocycles. The summed E-state index contributed by atoms with van der Waals surface area (Å²) in [4.78, 5) is 27.7. The van der Waals surface area contributed by atoms with Gasteiger partial charge in [-0.2, -0.15) is 0 Å². The summed E-state index contributed by atoms with van der Waals surface area (Å²) in [6.07, 6.45) is 1.63. The molecule has 0 radical (unpaired) electrons. The highest BCUT2D eigenvalue weighted by atomic mass is 16.4. The molecule has 0 unspecified atom stereocenters. The highest BCUT2D eigenvalue weighted by molar-refractivity contribution is 5.94. The summed E-state index contributed by atoms with van der Waals surface area (Å²) in [6, 6.07) is 1.37. The number of aromatic amines is 1. The summed E-state index contributed by atoms with van der Waals surface area (Å²) in [7, 11) is 1.55. The fourth-order valence-electron chi connectivity index (χ4n) is 1.38. The van der Waals surface area contributed by atoms with Gasteiger partial charge in [-0.15, -0.1) is 0 Å². The van der Waals surface area contributed by atoms with Gasteiger partial charge in [-0.25, -0.2) is 0 Å². The number of aryl methyl sites for hydroxylation is 1. The molecule has 1 heterocycles. The molecule has 4 N–H and O–H groups in total. The Labute approximate surface area is 104 Å². The van der Waals surface area contributed by atoms with E-state index in [-0.39, 0.29) is 29.8 Å². The fraction of sp³-hybridized carbons (Fsp3) is 0.364. The average Bonchev–Trinajstić information content (AvgIpc) is 2.34. The van der Waals surface area contributed by atoms with Crippen LogP contribution in [0.5, 0.6) is 0 Å². The predicted molar refractivity (Wildman–Crippen MR) is 66.8 cm³/mol. The highest BCUT2D eigenvalue weighted by Gasteiger charge is 2.15. The van der Waals surface area contributed by atoms with Crippen molar-refractivity contribution in [3.8, 4) is 0 Å². The lowest BCUT2D eigenvalue weighted by Gasteiger charge is -2.16. The standard InChI is InChI=1S/C11H16N4O3/c1-7-5-9(16)8(6-13-7)11(17)15(2)4-3-10(12)14-18/h5-6,18H,3-4H2,1-2H3,(H2,12,14)(H,13,16). The molecule has 7 heteroatoms. The molecule has 0 aromatic carbocycles. The van der Waals surface area contributed by atoms with Crippen molar-refractivity contribution in [2.75, 3.05) is 13.6 Å². The van der Waals surface area contributed by atoms with Gasteiger partial charge in [0.15, 0.2) is 5.43 Å². The third-order valence-electron chi connectivity index (χ3n) is 2.47. The third kappa shape index (κ3) is 3.34. The van der Waals surface area contributed by atoms with Crippen LogP contribution in [0.2, 0.25) is 0 Å². The second-order valence-corrected chi connectivity index (χ2v) is 3.96. The number of nitrogens with two attached hydrogens (primary N) is 1. The number of rotatable bonds is 4. The minimum Gasteiger partial charge on any atom is -0.409 e. The van der Waals surface area contributed by atoms with E-state index in [9.17, 15) is 9.59 Å². The molecule has 1 amide bonds. The van der Waals surface area contributed by atoms with Crippen LogP contribution in [0.3, 0.4) is 0 Å². The van der Waals surface area contributed by atoms with Crippen LogP contribution in [0.1, 0.15) is 22.5 Å². The van der Waals surface area contributed by atoms with Gasteiger partial charge in [0.05, 0.1) is 0 Å². The monoisotopic (exact) mass is 252 g/mol. The number of hydrogen-bond acceptors (Lipinski definition) is 4. The number of amidine groups is 1. The molecule has 0 aliphatic heterocycles. The van der Waals surface area contributed by atoms with Gasteiger partial charge in [0.1, 0.15) is 11.4 Å². The largest absolute Gasteiger partial charge is 0.409 e. The number of pyridine rings is 1. The molecule has 0 saturated heterocycles. The Morgan fingerprint density at radius 2 is 2.28 bits per heavy atom. The molecule has 1 aromatic rings. The van der Waals surface area contributed by atoms with Crippen LogP contribution in [0, 0.1) is 6.92 Å². The molecule has 0 fully saturated rings. The summed E-state index contributed by atoms with van der Waals surface area (Å²) >= 11 is 0. The van der Waals surface area contributed by atoms with Gasteiger partial charge in [-0.1, -0.05) is 5.16 Å². The van der Waals surface area contributed by atoms with Crippen molar-refractivity contribution in [2.45, 2.75) is 13.3 Å². The quantitative estimate of drug-likeness (QED) is 0.300. The van der Waals surface area contributed by atoms with Crippen LogP contribution in [0.15, 0.2) is 22.2 Å². The van der Waals surface area contributed by atoms with E-state index in [2.05, 4.69) is 10.1 Å². The molecule has 1 rings (SSSR count). The van der Waals surface area contributed by atoms with Gasteiger partial charge < -0.3 is 20.8 Å². The summed E-state index contributed by atoms with van der Waals surface area (Å²) in [5.74, 6) is -0.366. The topological polar surface area (TPSA) is 112 Å².